The Morgan fingerprint density at radius 1 is 0.833 bits per heavy atom. The normalized spacial score (nSPS) is 12.5. The minimum atomic E-state index is -1.60. The SMILES string of the molecule is CCCCCCCCC(C(=O)O)(C(=O)O)C(CC)CCCCC.[Ba+2].[H-].[H-]. The van der Waals surface area contributed by atoms with Gasteiger partial charge < -0.3 is 13.1 Å². The summed E-state index contributed by atoms with van der Waals surface area (Å²) in [4.78, 5) is 23.8. The third-order valence-electron chi connectivity index (χ3n) is 5.03. The predicted octanol–water partition coefficient (Wildman–Crippen LogP) is 5.34. The van der Waals surface area contributed by atoms with E-state index in [0.29, 0.717) is 19.3 Å². The molecule has 1 atom stereocenters. The van der Waals surface area contributed by atoms with Gasteiger partial charge in [0.1, 0.15) is 0 Å². The molecule has 2 N–H and O–H groups in total. The largest absolute Gasteiger partial charge is 2.00 e. The second-order valence-electron chi connectivity index (χ2n) is 6.70. The van der Waals surface area contributed by atoms with Crippen molar-refractivity contribution in [1.82, 2.24) is 0 Å². The maximum absolute atomic E-state index is 11.9. The number of unbranched alkanes of at least 4 members (excludes halogenated alkanes) is 7. The molecule has 0 aromatic carbocycles. The van der Waals surface area contributed by atoms with Crippen molar-refractivity contribution in [3.63, 3.8) is 0 Å². The molecule has 4 nitrogen and oxygen atoms in total. The van der Waals surface area contributed by atoms with Crippen LogP contribution in [0.25, 0.3) is 0 Å². The minimum Gasteiger partial charge on any atom is -1.00 e. The van der Waals surface area contributed by atoms with E-state index in [1.807, 2.05) is 6.92 Å². The van der Waals surface area contributed by atoms with Crippen LogP contribution in [0.3, 0.4) is 0 Å². The summed E-state index contributed by atoms with van der Waals surface area (Å²) in [5, 5.41) is 19.4. The molecule has 140 valence electrons. The smallest absolute Gasteiger partial charge is 1.00 e. The summed E-state index contributed by atoms with van der Waals surface area (Å²) in [5.41, 5.74) is -1.60. The molecule has 0 bridgehead atoms. The predicted molar refractivity (Wildman–Crippen MR) is 102 cm³/mol. The molecular weight excluding hydrogens is 430 g/mol. The summed E-state index contributed by atoms with van der Waals surface area (Å²) in [6.45, 7) is 6.17. The third kappa shape index (κ3) is 8.75. The van der Waals surface area contributed by atoms with Crippen molar-refractivity contribution < 1.29 is 22.7 Å². The first-order chi connectivity index (χ1) is 11.0. The summed E-state index contributed by atoms with van der Waals surface area (Å²) in [6, 6.07) is 0. The molecule has 0 amide bonds. The fourth-order valence-corrected chi connectivity index (χ4v) is 3.48. The van der Waals surface area contributed by atoms with Gasteiger partial charge in [-0.2, -0.15) is 0 Å². The number of carbonyl (C=O) groups is 2. The summed E-state index contributed by atoms with van der Waals surface area (Å²) in [5.74, 6) is -2.58. The van der Waals surface area contributed by atoms with Crippen LogP contribution in [-0.4, -0.2) is 71.0 Å². The van der Waals surface area contributed by atoms with Crippen LogP contribution in [0.1, 0.15) is 101 Å². The van der Waals surface area contributed by atoms with E-state index in [1.165, 1.54) is 12.8 Å². The zero-order valence-electron chi connectivity index (χ0n) is 18.0. The summed E-state index contributed by atoms with van der Waals surface area (Å²) < 4.78 is 0. The molecule has 1 unspecified atom stereocenters. The van der Waals surface area contributed by atoms with Crippen LogP contribution in [0.2, 0.25) is 0 Å². The first-order valence-corrected chi connectivity index (χ1v) is 9.44. The quantitative estimate of drug-likeness (QED) is 0.193. The molecule has 0 spiro atoms. The Balaban J connectivity index is -0.000000807. The monoisotopic (exact) mass is 468 g/mol. The van der Waals surface area contributed by atoms with Crippen LogP contribution in [0.4, 0.5) is 0 Å². The molecule has 0 saturated heterocycles. The van der Waals surface area contributed by atoms with Crippen molar-refractivity contribution >= 4 is 60.8 Å². The first kappa shape index (κ1) is 26.7. The molecule has 0 fully saturated rings. The van der Waals surface area contributed by atoms with Crippen molar-refractivity contribution in [3.8, 4) is 0 Å². The zero-order chi connectivity index (χ0) is 17.7. The molecule has 0 aliphatic heterocycles. The Bertz CT molecular complexity index is 340. The van der Waals surface area contributed by atoms with Crippen LogP contribution >= 0.6 is 0 Å². The van der Waals surface area contributed by atoms with Gasteiger partial charge in [0.05, 0.1) is 0 Å². The first-order valence-electron chi connectivity index (χ1n) is 9.44. The number of hydrogen-bond donors (Lipinski definition) is 2. The Kier molecular flexibility index (Phi) is 17.5. The van der Waals surface area contributed by atoms with Gasteiger partial charge in [0.25, 0.3) is 0 Å². The second kappa shape index (κ2) is 15.7. The number of rotatable bonds is 15. The molecule has 0 saturated carbocycles. The van der Waals surface area contributed by atoms with E-state index >= 15 is 0 Å². The molecular formula is C19H38BaO4. The van der Waals surface area contributed by atoms with E-state index in [9.17, 15) is 19.8 Å². The van der Waals surface area contributed by atoms with Crippen LogP contribution in [0.5, 0.6) is 0 Å². The van der Waals surface area contributed by atoms with Gasteiger partial charge in [0, 0.05) is 0 Å². The zero-order valence-corrected chi connectivity index (χ0v) is 20.4. The van der Waals surface area contributed by atoms with Crippen molar-refractivity contribution in [2.24, 2.45) is 11.3 Å². The van der Waals surface area contributed by atoms with Crippen LogP contribution in [0.15, 0.2) is 0 Å². The number of carboxylic acid groups (broad SMARTS) is 2. The molecule has 0 aromatic heterocycles. The Morgan fingerprint density at radius 2 is 1.29 bits per heavy atom. The van der Waals surface area contributed by atoms with Gasteiger partial charge in [-0.25, -0.2) is 0 Å². The molecule has 0 radical (unpaired) electrons. The number of carboxylic acids is 2. The molecule has 0 aliphatic carbocycles. The van der Waals surface area contributed by atoms with Crippen LogP contribution in [0, 0.1) is 11.3 Å². The summed E-state index contributed by atoms with van der Waals surface area (Å²) >= 11 is 0. The van der Waals surface area contributed by atoms with Crippen LogP contribution in [-0.2, 0) is 9.59 Å². The van der Waals surface area contributed by atoms with Crippen LogP contribution < -0.4 is 0 Å². The molecule has 5 heteroatoms. The van der Waals surface area contributed by atoms with Gasteiger partial charge in [-0.15, -0.1) is 0 Å². The Labute approximate surface area is 191 Å². The van der Waals surface area contributed by atoms with Gasteiger partial charge in [-0.1, -0.05) is 85.0 Å². The fraction of sp³-hybridized carbons (Fsp3) is 0.895. The van der Waals surface area contributed by atoms with E-state index in [-0.39, 0.29) is 64.1 Å². The maximum atomic E-state index is 11.9. The minimum absolute atomic E-state index is 0. The number of hydrogen-bond acceptors (Lipinski definition) is 2. The topological polar surface area (TPSA) is 74.6 Å². The Morgan fingerprint density at radius 3 is 1.75 bits per heavy atom. The van der Waals surface area contributed by atoms with E-state index in [0.717, 1.165) is 38.5 Å². The molecule has 0 rings (SSSR count). The molecule has 24 heavy (non-hydrogen) atoms. The maximum Gasteiger partial charge on any atom is 2.00 e. The van der Waals surface area contributed by atoms with Gasteiger partial charge in [-0.3, -0.25) is 9.59 Å². The van der Waals surface area contributed by atoms with Gasteiger partial charge >= 0.3 is 60.8 Å². The van der Waals surface area contributed by atoms with Crippen molar-refractivity contribution in [3.05, 3.63) is 0 Å². The van der Waals surface area contributed by atoms with Gasteiger partial charge in [0.15, 0.2) is 5.41 Å². The van der Waals surface area contributed by atoms with Crippen molar-refractivity contribution in [2.75, 3.05) is 0 Å². The average molecular weight is 468 g/mol. The van der Waals surface area contributed by atoms with E-state index < -0.39 is 17.4 Å². The van der Waals surface area contributed by atoms with Crippen molar-refractivity contribution in [1.29, 1.82) is 0 Å². The molecule has 0 aliphatic rings. The number of aliphatic carboxylic acids is 2. The molecule has 0 heterocycles. The van der Waals surface area contributed by atoms with E-state index in [1.54, 1.807) is 0 Å². The summed E-state index contributed by atoms with van der Waals surface area (Å²) in [6.07, 6.45) is 10.7. The average Bonchev–Trinajstić information content (AvgIpc) is 2.51. The van der Waals surface area contributed by atoms with Crippen molar-refractivity contribution in [2.45, 2.75) is 97.8 Å². The fourth-order valence-electron chi connectivity index (χ4n) is 3.48. The Hall–Kier alpha value is 0.511. The summed E-state index contributed by atoms with van der Waals surface area (Å²) in [7, 11) is 0. The van der Waals surface area contributed by atoms with Gasteiger partial charge in [-0.05, 0) is 18.8 Å². The van der Waals surface area contributed by atoms with E-state index in [2.05, 4.69) is 13.8 Å². The molecule has 0 aromatic rings. The standard InChI is InChI=1S/C19H36O4.Ba.2H/c1-4-7-9-10-11-13-15-19(17(20)21,18(22)23)16(6-3)14-12-8-5-2;;;/h16H,4-15H2,1-3H3,(H,20,21)(H,22,23);;;/q;+2;2*-1. The third-order valence-corrected chi connectivity index (χ3v) is 5.03. The van der Waals surface area contributed by atoms with E-state index in [4.69, 9.17) is 0 Å². The second-order valence-corrected chi connectivity index (χ2v) is 6.70. The van der Waals surface area contributed by atoms with Gasteiger partial charge in [0.2, 0.25) is 0 Å².